The lowest BCUT2D eigenvalue weighted by atomic mass is 9.86. The van der Waals surface area contributed by atoms with E-state index in [1.165, 1.54) is 25.7 Å². The van der Waals surface area contributed by atoms with Crippen molar-refractivity contribution in [1.29, 1.82) is 0 Å². The minimum atomic E-state index is -0.579. The van der Waals surface area contributed by atoms with Crippen LogP contribution in [0.1, 0.15) is 51.3 Å². The fourth-order valence-corrected chi connectivity index (χ4v) is 3.12. The van der Waals surface area contributed by atoms with Gasteiger partial charge in [0, 0.05) is 4.88 Å². The molecule has 1 unspecified atom stereocenters. The molecule has 1 N–H and O–H groups in total. The van der Waals surface area contributed by atoms with Crippen molar-refractivity contribution in [2.24, 2.45) is 5.92 Å². The van der Waals surface area contributed by atoms with Crippen molar-refractivity contribution >= 4 is 11.3 Å². The summed E-state index contributed by atoms with van der Waals surface area (Å²) in [7, 11) is 0. The fourth-order valence-electron chi connectivity index (χ4n) is 2.26. The normalized spacial score (nSPS) is 20.5. The molecule has 1 aromatic rings. The molecule has 1 nitrogen and oxygen atoms in total. The third-order valence-electron chi connectivity index (χ3n) is 3.17. The summed E-state index contributed by atoms with van der Waals surface area (Å²) in [5, 5.41) is 12.4. The molecule has 1 heterocycles. The Morgan fingerprint density at radius 3 is 2.40 bits per heavy atom. The summed E-state index contributed by atoms with van der Waals surface area (Å²) >= 11 is 1.67. The molecular formula is C13H22OS. The van der Waals surface area contributed by atoms with E-state index in [0.29, 0.717) is 5.92 Å². The van der Waals surface area contributed by atoms with Crippen LogP contribution in [0.3, 0.4) is 0 Å². The van der Waals surface area contributed by atoms with Crippen molar-refractivity contribution in [2.45, 2.75) is 52.1 Å². The average Bonchev–Trinajstić information content (AvgIpc) is 2.95. The van der Waals surface area contributed by atoms with Gasteiger partial charge in [-0.15, -0.1) is 11.3 Å². The van der Waals surface area contributed by atoms with Gasteiger partial charge in [0.1, 0.15) is 0 Å². The Kier molecular flexibility index (Phi) is 4.81. The zero-order valence-corrected chi connectivity index (χ0v) is 10.8. The Hall–Kier alpha value is -0.340. The van der Waals surface area contributed by atoms with Crippen molar-refractivity contribution in [3.63, 3.8) is 0 Å². The minimum Gasteiger partial charge on any atom is -0.384 e. The van der Waals surface area contributed by atoms with E-state index in [0.717, 1.165) is 4.88 Å². The molecule has 1 aliphatic carbocycles. The highest BCUT2D eigenvalue weighted by molar-refractivity contribution is 7.10. The second kappa shape index (κ2) is 5.66. The Labute approximate surface area is 97.2 Å². The SMILES string of the molecule is CC.CC(O)(c1cccs1)C1CCCC1. The third-order valence-corrected chi connectivity index (χ3v) is 4.27. The second-order valence-corrected chi connectivity index (χ2v) is 5.05. The zero-order valence-electron chi connectivity index (χ0n) is 9.99. The lowest BCUT2D eigenvalue weighted by Crippen LogP contribution is -2.28. The first-order chi connectivity index (χ1) is 7.21. The van der Waals surface area contributed by atoms with Crippen LogP contribution in [0.4, 0.5) is 0 Å². The summed E-state index contributed by atoms with van der Waals surface area (Å²) in [6.45, 7) is 5.97. The summed E-state index contributed by atoms with van der Waals surface area (Å²) in [6, 6.07) is 4.06. The van der Waals surface area contributed by atoms with Crippen LogP contribution < -0.4 is 0 Å². The first-order valence-electron chi connectivity index (χ1n) is 5.97. The summed E-state index contributed by atoms with van der Waals surface area (Å²) in [6.07, 6.45) is 4.94. The Morgan fingerprint density at radius 2 is 1.93 bits per heavy atom. The molecule has 0 aromatic carbocycles. The highest BCUT2D eigenvalue weighted by Crippen LogP contribution is 2.41. The molecule has 0 spiro atoms. The van der Waals surface area contributed by atoms with Crippen LogP contribution in [-0.2, 0) is 5.60 Å². The predicted octanol–water partition coefficient (Wildman–Crippen LogP) is 4.17. The van der Waals surface area contributed by atoms with Gasteiger partial charge in [0.25, 0.3) is 0 Å². The molecule has 1 aliphatic rings. The van der Waals surface area contributed by atoms with Gasteiger partial charge in [-0.3, -0.25) is 0 Å². The molecule has 1 atom stereocenters. The van der Waals surface area contributed by atoms with E-state index in [2.05, 4.69) is 0 Å². The van der Waals surface area contributed by atoms with E-state index in [-0.39, 0.29) is 0 Å². The van der Waals surface area contributed by atoms with Crippen LogP contribution in [0, 0.1) is 5.92 Å². The van der Waals surface area contributed by atoms with Gasteiger partial charge in [0.15, 0.2) is 0 Å². The molecular weight excluding hydrogens is 204 g/mol. The van der Waals surface area contributed by atoms with E-state index in [9.17, 15) is 5.11 Å². The molecule has 1 fully saturated rings. The largest absolute Gasteiger partial charge is 0.384 e. The third kappa shape index (κ3) is 2.82. The number of thiophene rings is 1. The van der Waals surface area contributed by atoms with Crippen molar-refractivity contribution in [3.8, 4) is 0 Å². The van der Waals surface area contributed by atoms with E-state index in [1.54, 1.807) is 11.3 Å². The molecule has 2 heteroatoms. The van der Waals surface area contributed by atoms with Gasteiger partial charge in [0.2, 0.25) is 0 Å². The lowest BCUT2D eigenvalue weighted by molar-refractivity contribution is 0.000160. The smallest absolute Gasteiger partial charge is 0.0987 e. The molecule has 0 amide bonds. The zero-order chi connectivity index (χ0) is 11.3. The quantitative estimate of drug-likeness (QED) is 0.802. The average molecular weight is 226 g/mol. The highest BCUT2D eigenvalue weighted by Gasteiger charge is 2.35. The maximum Gasteiger partial charge on any atom is 0.0987 e. The van der Waals surface area contributed by atoms with Crippen LogP contribution in [0.25, 0.3) is 0 Å². The Morgan fingerprint density at radius 1 is 1.33 bits per heavy atom. The topological polar surface area (TPSA) is 20.2 Å². The van der Waals surface area contributed by atoms with Crippen molar-refractivity contribution < 1.29 is 5.11 Å². The first kappa shape index (κ1) is 12.7. The van der Waals surface area contributed by atoms with Crippen molar-refractivity contribution in [3.05, 3.63) is 22.4 Å². The van der Waals surface area contributed by atoms with E-state index >= 15 is 0 Å². The van der Waals surface area contributed by atoms with Crippen molar-refractivity contribution in [1.82, 2.24) is 0 Å². The molecule has 15 heavy (non-hydrogen) atoms. The van der Waals surface area contributed by atoms with E-state index in [1.807, 2.05) is 38.3 Å². The number of aliphatic hydroxyl groups is 1. The molecule has 0 aliphatic heterocycles. The lowest BCUT2D eigenvalue weighted by Gasteiger charge is -2.28. The van der Waals surface area contributed by atoms with Crippen LogP contribution in [0.2, 0.25) is 0 Å². The molecule has 0 bridgehead atoms. The standard InChI is InChI=1S/C11H16OS.C2H6/c1-11(12,9-5-2-3-6-9)10-7-4-8-13-10;1-2/h4,7-9,12H,2-3,5-6H2,1H3;1-2H3. The molecule has 0 radical (unpaired) electrons. The Bertz CT molecular complexity index is 258. The van der Waals surface area contributed by atoms with Gasteiger partial charge >= 0.3 is 0 Å². The van der Waals surface area contributed by atoms with Crippen LogP contribution in [0.5, 0.6) is 0 Å². The summed E-state index contributed by atoms with van der Waals surface area (Å²) < 4.78 is 0. The molecule has 86 valence electrons. The minimum absolute atomic E-state index is 0.478. The maximum atomic E-state index is 10.4. The monoisotopic (exact) mass is 226 g/mol. The number of rotatable bonds is 2. The summed E-state index contributed by atoms with van der Waals surface area (Å²) in [4.78, 5) is 1.12. The maximum absolute atomic E-state index is 10.4. The number of hydrogen-bond acceptors (Lipinski definition) is 2. The van der Waals surface area contributed by atoms with Crippen LogP contribution >= 0.6 is 11.3 Å². The first-order valence-corrected chi connectivity index (χ1v) is 6.85. The summed E-state index contributed by atoms with van der Waals surface area (Å²) in [5.74, 6) is 0.478. The van der Waals surface area contributed by atoms with Crippen LogP contribution in [-0.4, -0.2) is 5.11 Å². The molecule has 1 saturated carbocycles. The van der Waals surface area contributed by atoms with E-state index < -0.39 is 5.60 Å². The van der Waals surface area contributed by atoms with Crippen molar-refractivity contribution in [2.75, 3.05) is 0 Å². The van der Waals surface area contributed by atoms with Gasteiger partial charge in [-0.25, -0.2) is 0 Å². The van der Waals surface area contributed by atoms with Gasteiger partial charge < -0.3 is 5.11 Å². The molecule has 2 rings (SSSR count). The van der Waals surface area contributed by atoms with E-state index in [4.69, 9.17) is 0 Å². The van der Waals surface area contributed by atoms with Gasteiger partial charge in [-0.05, 0) is 37.1 Å². The Balaban J connectivity index is 0.000000531. The predicted molar refractivity (Wildman–Crippen MR) is 67.2 cm³/mol. The van der Waals surface area contributed by atoms with Crippen LogP contribution in [0.15, 0.2) is 17.5 Å². The fraction of sp³-hybridized carbons (Fsp3) is 0.692. The molecule has 1 aromatic heterocycles. The summed E-state index contributed by atoms with van der Waals surface area (Å²) in [5.41, 5.74) is -0.579. The highest BCUT2D eigenvalue weighted by atomic mass is 32.1. The van der Waals surface area contributed by atoms with Gasteiger partial charge in [-0.1, -0.05) is 32.8 Å². The number of hydrogen-bond donors (Lipinski definition) is 1. The van der Waals surface area contributed by atoms with Gasteiger partial charge in [0.05, 0.1) is 5.60 Å². The molecule has 0 saturated heterocycles. The second-order valence-electron chi connectivity index (χ2n) is 4.11. The van der Waals surface area contributed by atoms with Gasteiger partial charge in [-0.2, -0.15) is 0 Å².